The molecule has 0 aliphatic rings. The third-order valence-corrected chi connectivity index (χ3v) is 2.88. The highest BCUT2D eigenvalue weighted by molar-refractivity contribution is 9.10. The Morgan fingerprint density at radius 3 is 2.95 bits per heavy atom. The number of pyridine rings is 1. The second-order valence-electron chi connectivity index (χ2n) is 3.89. The molecule has 0 fully saturated rings. The standard InChI is InChI=1S/C12H13BrN4O2/c1-3-19-12(18)10-9(14)6-17(16-10)11-7(2)4-8(13)5-15-11/h4-6H,3,14H2,1-2H3. The van der Waals surface area contributed by atoms with E-state index in [9.17, 15) is 4.79 Å². The summed E-state index contributed by atoms with van der Waals surface area (Å²) in [5.74, 6) is 0.0824. The quantitative estimate of drug-likeness (QED) is 0.874. The summed E-state index contributed by atoms with van der Waals surface area (Å²) in [6.07, 6.45) is 3.21. The predicted octanol–water partition coefficient (Wildman–Crippen LogP) is 2.10. The normalized spacial score (nSPS) is 10.5. The van der Waals surface area contributed by atoms with Crippen LogP contribution in [0.15, 0.2) is 22.9 Å². The molecular weight excluding hydrogens is 312 g/mol. The maximum atomic E-state index is 11.6. The molecule has 2 aromatic rings. The van der Waals surface area contributed by atoms with Crippen molar-refractivity contribution >= 4 is 27.6 Å². The van der Waals surface area contributed by atoms with Gasteiger partial charge in [0.1, 0.15) is 0 Å². The molecule has 6 nitrogen and oxygen atoms in total. The number of hydrogen-bond donors (Lipinski definition) is 1. The van der Waals surface area contributed by atoms with Crippen LogP contribution in [0, 0.1) is 6.92 Å². The zero-order valence-corrected chi connectivity index (χ0v) is 12.1. The molecule has 0 aliphatic heterocycles. The fourth-order valence-corrected chi connectivity index (χ4v) is 2.07. The first-order valence-corrected chi connectivity index (χ1v) is 6.47. The van der Waals surface area contributed by atoms with Crippen LogP contribution in [0.4, 0.5) is 5.69 Å². The van der Waals surface area contributed by atoms with Crippen molar-refractivity contribution in [2.24, 2.45) is 0 Å². The number of aryl methyl sites for hydroxylation is 1. The van der Waals surface area contributed by atoms with Crippen molar-refractivity contribution in [3.05, 3.63) is 34.2 Å². The van der Waals surface area contributed by atoms with Gasteiger partial charge in [0, 0.05) is 10.7 Å². The van der Waals surface area contributed by atoms with Crippen molar-refractivity contribution in [2.45, 2.75) is 13.8 Å². The molecule has 0 aliphatic carbocycles. The molecular formula is C12H13BrN4O2. The minimum Gasteiger partial charge on any atom is -0.461 e. The van der Waals surface area contributed by atoms with E-state index in [4.69, 9.17) is 10.5 Å². The number of esters is 1. The van der Waals surface area contributed by atoms with E-state index >= 15 is 0 Å². The number of nitrogen functional groups attached to an aromatic ring is 1. The Hall–Kier alpha value is -1.89. The molecule has 0 bridgehead atoms. The van der Waals surface area contributed by atoms with Crippen LogP contribution in [0.1, 0.15) is 23.0 Å². The van der Waals surface area contributed by atoms with Gasteiger partial charge in [-0.15, -0.1) is 0 Å². The molecule has 0 atom stereocenters. The molecule has 0 spiro atoms. The number of nitrogens with two attached hydrogens (primary N) is 1. The Bertz CT molecular complexity index is 624. The molecule has 0 saturated heterocycles. The zero-order chi connectivity index (χ0) is 14.0. The van der Waals surface area contributed by atoms with Crippen molar-refractivity contribution in [3.8, 4) is 5.82 Å². The summed E-state index contributed by atoms with van der Waals surface area (Å²) >= 11 is 3.34. The molecule has 19 heavy (non-hydrogen) atoms. The minimum atomic E-state index is -0.534. The van der Waals surface area contributed by atoms with Crippen LogP contribution in [0.3, 0.4) is 0 Å². The number of anilines is 1. The van der Waals surface area contributed by atoms with Crippen LogP contribution >= 0.6 is 15.9 Å². The maximum Gasteiger partial charge on any atom is 0.361 e. The third-order valence-electron chi connectivity index (χ3n) is 2.45. The van der Waals surface area contributed by atoms with Crippen molar-refractivity contribution in [1.82, 2.24) is 14.8 Å². The highest BCUT2D eigenvalue weighted by atomic mass is 79.9. The number of ether oxygens (including phenoxy) is 1. The Labute approximate surface area is 118 Å². The molecule has 0 amide bonds. The number of carbonyl (C=O) groups is 1. The van der Waals surface area contributed by atoms with Crippen LogP contribution in [-0.4, -0.2) is 27.3 Å². The highest BCUT2D eigenvalue weighted by Gasteiger charge is 2.17. The molecule has 2 N–H and O–H groups in total. The van der Waals surface area contributed by atoms with Crippen molar-refractivity contribution in [2.75, 3.05) is 12.3 Å². The maximum absolute atomic E-state index is 11.6. The fourth-order valence-electron chi connectivity index (χ4n) is 1.63. The summed E-state index contributed by atoms with van der Waals surface area (Å²) in [6.45, 7) is 3.90. The van der Waals surface area contributed by atoms with E-state index in [-0.39, 0.29) is 18.0 Å². The van der Waals surface area contributed by atoms with Gasteiger partial charge in [0.15, 0.2) is 11.5 Å². The molecule has 7 heteroatoms. The van der Waals surface area contributed by atoms with Gasteiger partial charge < -0.3 is 10.5 Å². The lowest BCUT2D eigenvalue weighted by atomic mass is 10.3. The Morgan fingerprint density at radius 2 is 2.32 bits per heavy atom. The van der Waals surface area contributed by atoms with Gasteiger partial charge in [0.25, 0.3) is 0 Å². The topological polar surface area (TPSA) is 83.0 Å². The van der Waals surface area contributed by atoms with E-state index in [2.05, 4.69) is 26.0 Å². The molecule has 0 aromatic carbocycles. The average molecular weight is 325 g/mol. The first kappa shape index (κ1) is 13.5. The van der Waals surface area contributed by atoms with Crippen LogP contribution in [-0.2, 0) is 4.74 Å². The average Bonchev–Trinajstić information content (AvgIpc) is 2.71. The van der Waals surface area contributed by atoms with E-state index in [1.807, 2.05) is 13.0 Å². The third kappa shape index (κ3) is 2.76. The lowest BCUT2D eigenvalue weighted by molar-refractivity contribution is 0.0520. The predicted molar refractivity (Wildman–Crippen MR) is 74.2 cm³/mol. The molecule has 2 rings (SSSR count). The summed E-state index contributed by atoms with van der Waals surface area (Å²) in [4.78, 5) is 15.9. The first-order valence-electron chi connectivity index (χ1n) is 5.67. The number of hydrogen-bond acceptors (Lipinski definition) is 5. The number of carbonyl (C=O) groups excluding carboxylic acids is 1. The molecule has 2 aromatic heterocycles. The summed E-state index contributed by atoms with van der Waals surface area (Å²) in [5, 5.41) is 4.13. The Morgan fingerprint density at radius 1 is 1.58 bits per heavy atom. The van der Waals surface area contributed by atoms with Crippen molar-refractivity contribution in [3.63, 3.8) is 0 Å². The summed E-state index contributed by atoms with van der Waals surface area (Å²) in [6, 6.07) is 1.91. The number of halogens is 1. The first-order chi connectivity index (χ1) is 9.02. The Balaban J connectivity index is 2.42. The SMILES string of the molecule is CCOC(=O)c1nn(-c2ncc(Br)cc2C)cc1N. The molecule has 2 heterocycles. The van der Waals surface area contributed by atoms with Crippen LogP contribution < -0.4 is 5.73 Å². The molecule has 0 saturated carbocycles. The van der Waals surface area contributed by atoms with Crippen molar-refractivity contribution in [1.29, 1.82) is 0 Å². The van der Waals surface area contributed by atoms with E-state index in [1.54, 1.807) is 19.3 Å². The van der Waals surface area contributed by atoms with Crippen LogP contribution in [0.5, 0.6) is 0 Å². The number of nitrogens with zero attached hydrogens (tertiary/aromatic N) is 3. The van der Waals surface area contributed by atoms with Gasteiger partial charge in [-0.1, -0.05) is 0 Å². The minimum absolute atomic E-state index is 0.103. The van der Waals surface area contributed by atoms with Gasteiger partial charge in [0.2, 0.25) is 0 Å². The lowest BCUT2D eigenvalue weighted by Gasteiger charge is -2.04. The van der Waals surface area contributed by atoms with Gasteiger partial charge in [0.05, 0.1) is 18.5 Å². The lowest BCUT2D eigenvalue weighted by Crippen LogP contribution is -2.09. The largest absolute Gasteiger partial charge is 0.461 e. The number of rotatable bonds is 3. The smallest absolute Gasteiger partial charge is 0.361 e. The van der Waals surface area contributed by atoms with Gasteiger partial charge in [-0.2, -0.15) is 5.10 Å². The zero-order valence-electron chi connectivity index (χ0n) is 10.6. The number of aromatic nitrogens is 3. The summed E-state index contributed by atoms with van der Waals surface area (Å²) in [5.41, 5.74) is 7.05. The van der Waals surface area contributed by atoms with E-state index in [1.165, 1.54) is 4.68 Å². The van der Waals surface area contributed by atoms with Crippen LogP contribution in [0.2, 0.25) is 0 Å². The van der Waals surface area contributed by atoms with Crippen LogP contribution in [0.25, 0.3) is 5.82 Å². The van der Waals surface area contributed by atoms with E-state index in [0.717, 1.165) is 10.0 Å². The van der Waals surface area contributed by atoms with Gasteiger partial charge in [-0.05, 0) is 41.4 Å². The van der Waals surface area contributed by atoms with Gasteiger partial charge >= 0.3 is 5.97 Å². The molecule has 0 unspecified atom stereocenters. The van der Waals surface area contributed by atoms with E-state index < -0.39 is 5.97 Å². The summed E-state index contributed by atoms with van der Waals surface area (Å²) < 4.78 is 7.23. The van der Waals surface area contributed by atoms with Crippen molar-refractivity contribution < 1.29 is 9.53 Å². The fraction of sp³-hybridized carbons (Fsp3) is 0.250. The second kappa shape index (κ2) is 5.40. The second-order valence-corrected chi connectivity index (χ2v) is 4.81. The van der Waals surface area contributed by atoms with E-state index in [0.29, 0.717) is 5.82 Å². The summed E-state index contributed by atoms with van der Waals surface area (Å²) in [7, 11) is 0. The molecule has 0 radical (unpaired) electrons. The molecule has 100 valence electrons. The Kier molecular flexibility index (Phi) is 3.84. The van der Waals surface area contributed by atoms with Gasteiger partial charge in [-0.3, -0.25) is 0 Å². The monoisotopic (exact) mass is 324 g/mol. The highest BCUT2D eigenvalue weighted by Crippen LogP contribution is 2.19. The van der Waals surface area contributed by atoms with Gasteiger partial charge in [-0.25, -0.2) is 14.5 Å².